The summed E-state index contributed by atoms with van der Waals surface area (Å²) in [5.74, 6) is -1.30. The molecule has 0 aliphatic rings. The summed E-state index contributed by atoms with van der Waals surface area (Å²) in [6.07, 6.45) is 2.40. The number of carbonyl (C=O) groups is 3. The van der Waals surface area contributed by atoms with Crippen molar-refractivity contribution in [2.24, 2.45) is 5.73 Å². The molecule has 0 saturated heterocycles. The molecule has 5 N–H and O–H groups in total. The quantitative estimate of drug-likeness (QED) is 0.544. The topological polar surface area (TPSA) is 135 Å². The average molecular weight is 297 g/mol. The molecule has 116 valence electrons. The zero-order valence-electron chi connectivity index (χ0n) is 11.7. The number of hydrogen-bond acceptors (Lipinski definition) is 4. The number of amides is 3. The highest BCUT2D eigenvalue weighted by molar-refractivity contribution is 5.87. The molecule has 0 spiro atoms. The number of aryl methyl sites for hydroxylation is 1. The predicted molar refractivity (Wildman–Crippen MR) is 73.4 cm³/mol. The SMILES string of the molecule is CC(CCc1ccco1)NC(=O)N[C@@H](CC(N)=O)C(=O)O. The molecule has 8 nitrogen and oxygen atoms in total. The standard InChI is InChI=1S/C13H19N3O5/c1-8(4-5-9-3-2-6-21-9)15-13(20)16-10(12(18)19)7-11(14)17/h2-3,6,8,10H,4-5,7H2,1H3,(H2,14,17)(H,18,19)(H2,15,16,20)/t8?,10-/m0/s1. The molecule has 0 bridgehead atoms. The van der Waals surface area contributed by atoms with E-state index >= 15 is 0 Å². The van der Waals surface area contributed by atoms with Crippen LogP contribution in [0.25, 0.3) is 0 Å². The van der Waals surface area contributed by atoms with E-state index in [4.69, 9.17) is 15.3 Å². The van der Waals surface area contributed by atoms with E-state index in [0.717, 1.165) is 5.76 Å². The van der Waals surface area contributed by atoms with E-state index in [1.165, 1.54) is 0 Å². The molecule has 1 unspecified atom stereocenters. The lowest BCUT2D eigenvalue weighted by molar-refractivity contribution is -0.140. The lowest BCUT2D eigenvalue weighted by Crippen LogP contribution is -2.49. The third kappa shape index (κ3) is 6.46. The van der Waals surface area contributed by atoms with Gasteiger partial charge in [0.15, 0.2) is 0 Å². The fourth-order valence-corrected chi connectivity index (χ4v) is 1.71. The second-order valence-corrected chi connectivity index (χ2v) is 4.70. The largest absolute Gasteiger partial charge is 0.480 e. The van der Waals surface area contributed by atoms with Crippen LogP contribution in [-0.4, -0.2) is 35.1 Å². The van der Waals surface area contributed by atoms with Gasteiger partial charge < -0.3 is 25.9 Å². The number of primary amides is 1. The van der Waals surface area contributed by atoms with Crippen LogP contribution >= 0.6 is 0 Å². The third-order valence-electron chi connectivity index (χ3n) is 2.79. The zero-order chi connectivity index (χ0) is 15.8. The first kappa shape index (κ1) is 16.5. The highest BCUT2D eigenvalue weighted by Gasteiger charge is 2.22. The highest BCUT2D eigenvalue weighted by Crippen LogP contribution is 2.05. The molecule has 0 aromatic carbocycles. The van der Waals surface area contributed by atoms with Crippen LogP contribution in [0.1, 0.15) is 25.5 Å². The Balaban J connectivity index is 2.36. The molecule has 1 aromatic heterocycles. The summed E-state index contributed by atoms with van der Waals surface area (Å²) < 4.78 is 5.17. The summed E-state index contributed by atoms with van der Waals surface area (Å²) in [6, 6.07) is 1.44. The fraction of sp³-hybridized carbons (Fsp3) is 0.462. The molecule has 3 amide bonds. The van der Waals surface area contributed by atoms with Gasteiger partial charge in [-0.2, -0.15) is 0 Å². The minimum atomic E-state index is -1.33. The molecule has 0 fully saturated rings. The van der Waals surface area contributed by atoms with E-state index in [1.54, 1.807) is 19.3 Å². The van der Waals surface area contributed by atoms with E-state index in [2.05, 4.69) is 10.6 Å². The van der Waals surface area contributed by atoms with Gasteiger partial charge in [0, 0.05) is 12.5 Å². The number of furan rings is 1. The van der Waals surface area contributed by atoms with Crippen LogP contribution in [0.4, 0.5) is 4.79 Å². The molecule has 0 aliphatic carbocycles. The molecule has 1 aromatic rings. The van der Waals surface area contributed by atoms with E-state index in [-0.39, 0.29) is 6.04 Å². The van der Waals surface area contributed by atoms with Gasteiger partial charge in [0.2, 0.25) is 5.91 Å². The van der Waals surface area contributed by atoms with Gasteiger partial charge in [0.05, 0.1) is 12.7 Å². The molecule has 8 heteroatoms. The van der Waals surface area contributed by atoms with Crippen molar-refractivity contribution in [3.63, 3.8) is 0 Å². The summed E-state index contributed by atoms with van der Waals surface area (Å²) >= 11 is 0. The Morgan fingerprint density at radius 3 is 2.62 bits per heavy atom. The van der Waals surface area contributed by atoms with Crippen molar-refractivity contribution in [3.8, 4) is 0 Å². The van der Waals surface area contributed by atoms with Gasteiger partial charge in [-0.1, -0.05) is 0 Å². The Morgan fingerprint density at radius 2 is 2.10 bits per heavy atom. The van der Waals surface area contributed by atoms with E-state index in [9.17, 15) is 14.4 Å². The van der Waals surface area contributed by atoms with Crippen molar-refractivity contribution in [1.29, 1.82) is 0 Å². The predicted octanol–water partition coefficient (Wildman–Crippen LogP) is 0.229. The first-order valence-corrected chi connectivity index (χ1v) is 6.49. The maximum atomic E-state index is 11.7. The first-order valence-electron chi connectivity index (χ1n) is 6.49. The Labute approximate surface area is 121 Å². The third-order valence-corrected chi connectivity index (χ3v) is 2.79. The summed E-state index contributed by atoms with van der Waals surface area (Å²) in [4.78, 5) is 33.3. The average Bonchev–Trinajstić information content (AvgIpc) is 2.87. The van der Waals surface area contributed by atoms with Crippen LogP contribution in [0.5, 0.6) is 0 Å². The molecule has 1 rings (SSSR count). The number of aliphatic carboxylic acids is 1. The van der Waals surface area contributed by atoms with Gasteiger partial charge in [0.1, 0.15) is 11.8 Å². The van der Waals surface area contributed by atoms with Crippen LogP contribution in [0.3, 0.4) is 0 Å². The number of hydrogen-bond donors (Lipinski definition) is 4. The molecule has 0 saturated carbocycles. The Hall–Kier alpha value is -2.51. The number of carbonyl (C=O) groups excluding carboxylic acids is 2. The second kappa shape index (κ2) is 7.93. The number of nitrogens with two attached hydrogens (primary N) is 1. The number of nitrogens with one attached hydrogen (secondary N) is 2. The first-order chi connectivity index (χ1) is 9.88. The highest BCUT2D eigenvalue weighted by atomic mass is 16.4. The van der Waals surface area contributed by atoms with Crippen molar-refractivity contribution in [2.75, 3.05) is 0 Å². The molecule has 21 heavy (non-hydrogen) atoms. The van der Waals surface area contributed by atoms with Gasteiger partial charge in [-0.05, 0) is 25.5 Å². The molecule has 2 atom stereocenters. The van der Waals surface area contributed by atoms with Crippen molar-refractivity contribution >= 4 is 17.9 Å². The van der Waals surface area contributed by atoms with Gasteiger partial charge in [0.25, 0.3) is 0 Å². The molecule has 1 heterocycles. The van der Waals surface area contributed by atoms with E-state index in [0.29, 0.717) is 12.8 Å². The van der Waals surface area contributed by atoms with Crippen molar-refractivity contribution in [1.82, 2.24) is 10.6 Å². The van der Waals surface area contributed by atoms with Gasteiger partial charge >= 0.3 is 12.0 Å². The lowest BCUT2D eigenvalue weighted by atomic mass is 10.1. The van der Waals surface area contributed by atoms with Crippen LogP contribution in [0, 0.1) is 0 Å². The van der Waals surface area contributed by atoms with Crippen LogP contribution in [-0.2, 0) is 16.0 Å². The van der Waals surface area contributed by atoms with Gasteiger partial charge in [-0.15, -0.1) is 0 Å². The lowest BCUT2D eigenvalue weighted by Gasteiger charge is -2.17. The Kier molecular flexibility index (Phi) is 6.25. The summed E-state index contributed by atoms with van der Waals surface area (Å²) in [7, 11) is 0. The minimum Gasteiger partial charge on any atom is -0.480 e. The number of urea groups is 1. The fourth-order valence-electron chi connectivity index (χ4n) is 1.71. The van der Waals surface area contributed by atoms with Crippen molar-refractivity contribution < 1.29 is 23.9 Å². The summed E-state index contributed by atoms with van der Waals surface area (Å²) in [5, 5.41) is 13.7. The molecular weight excluding hydrogens is 278 g/mol. The van der Waals surface area contributed by atoms with Crippen LogP contribution < -0.4 is 16.4 Å². The maximum absolute atomic E-state index is 11.7. The maximum Gasteiger partial charge on any atom is 0.326 e. The van der Waals surface area contributed by atoms with E-state index in [1.807, 2.05) is 6.07 Å². The minimum absolute atomic E-state index is 0.182. The van der Waals surface area contributed by atoms with Crippen molar-refractivity contribution in [3.05, 3.63) is 24.2 Å². The van der Waals surface area contributed by atoms with Crippen molar-refractivity contribution in [2.45, 2.75) is 38.3 Å². The number of rotatable bonds is 8. The zero-order valence-corrected chi connectivity index (χ0v) is 11.7. The second-order valence-electron chi connectivity index (χ2n) is 4.70. The normalized spacial score (nSPS) is 13.2. The Bertz CT molecular complexity index is 486. The van der Waals surface area contributed by atoms with E-state index < -0.39 is 30.4 Å². The summed E-state index contributed by atoms with van der Waals surface area (Å²) in [6.45, 7) is 1.78. The van der Waals surface area contributed by atoms with Crippen LogP contribution in [0.15, 0.2) is 22.8 Å². The Morgan fingerprint density at radius 1 is 1.38 bits per heavy atom. The smallest absolute Gasteiger partial charge is 0.326 e. The molecule has 0 aliphatic heterocycles. The van der Waals surface area contributed by atoms with Crippen LogP contribution in [0.2, 0.25) is 0 Å². The monoisotopic (exact) mass is 297 g/mol. The van der Waals surface area contributed by atoms with Gasteiger partial charge in [-0.3, -0.25) is 4.79 Å². The summed E-state index contributed by atoms with van der Waals surface area (Å²) in [5.41, 5.74) is 4.93. The number of carboxylic acid groups (broad SMARTS) is 1. The number of carboxylic acids is 1. The molecular formula is C13H19N3O5. The molecule has 0 radical (unpaired) electrons. The van der Waals surface area contributed by atoms with Gasteiger partial charge in [-0.25, -0.2) is 9.59 Å².